The van der Waals surface area contributed by atoms with E-state index in [1.165, 1.54) is 18.4 Å². The maximum atomic E-state index is 5.96. The number of hydrogen-bond donors (Lipinski definition) is 2. The molecular formula is C25H36N6. The van der Waals surface area contributed by atoms with Crippen LogP contribution in [0.2, 0.25) is 0 Å². The summed E-state index contributed by atoms with van der Waals surface area (Å²) in [4.78, 5) is 20.5. The van der Waals surface area contributed by atoms with Gasteiger partial charge in [-0.3, -0.25) is 0 Å². The van der Waals surface area contributed by atoms with Crippen molar-refractivity contribution >= 4 is 11.0 Å². The van der Waals surface area contributed by atoms with Crippen molar-refractivity contribution in [1.82, 2.24) is 24.8 Å². The van der Waals surface area contributed by atoms with E-state index in [1.807, 2.05) is 6.20 Å². The van der Waals surface area contributed by atoms with Crippen LogP contribution in [0, 0.1) is 12.8 Å². The normalized spacial score (nSPS) is 17.4. The Hall–Kier alpha value is -2.31. The standard InChI is InChI=1S/C25H36N6/c1-16-20(24-29-21-7-6-18(25(2,3)4)14-22(21)30-24)15-27-23(28-16)19(8-11-26)17-9-12-31(5)13-10-17/h6-7,14-15,17,19H,8-13,26H2,1-5H3,(H,29,30). The molecule has 4 rings (SSSR count). The van der Waals surface area contributed by atoms with Crippen LogP contribution < -0.4 is 5.73 Å². The molecule has 1 fully saturated rings. The van der Waals surface area contributed by atoms with E-state index in [0.29, 0.717) is 18.4 Å². The number of benzene rings is 1. The Labute approximate surface area is 185 Å². The zero-order chi connectivity index (χ0) is 22.2. The van der Waals surface area contributed by atoms with E-state index in [1.54, 1.807) is 0 Å². The van der Waals surface area contributed by atoms with Gasteiger partial charge in [0.15, 0.2) is 0 Å². The lowest BCUT2D eigenvalue weighted by Crippen LogP contribution is -2.33. The smallest absolute Gasteiger partial charge is 0.141 e. The van der Waals surface area contributed by atoms with Gasteiger partial charge in [0.2, 0.25) is 0 Å². The summed E-state index contributed by atoms with van der Waals surface area (Å²) in [6.07, 6.45) is 5.25. The average molecular weight is 421 g/mol. The van der Waals surface area contributed by atoms with Crippen LogP contribution >= 0.6 is 0 Å². The van der Waals surface area contributed by atoms with E-state index in [2.05, 4.69) is 62.8 Å². The number of H-pyrrole nitrogens is 1. The highest BCUT2D eigenvalue weighted by atomic mass is 15.1. The van der Waals surface area contributed by atoms with E-state index < -0.39 is 0 Å². The average Bonchev–Trinajstić information content (AvgIpc) is 3.15. The lowest BCUT2D eigenvalue weighted by molar-refractivity contribution is 0.191. The van der Waals surface area contributed by atoms with Gasteiger partial charge < -0.3 is 15.6 Å². The first-order valence-corrected chi connectivity index (χ1v) is 11.5. The van der Waals surface area contributed by atoms with Gasteiger partial charge in [-0.05, 0) is 81.9 Å². The Morgan fingerprint density at radius 1 is 1.19 bits per heavy atom. The highest BCUT2D eigenvalue weighted by Crippen LogP contribution is 2.34. The number of imidazole rings is 1. The quantitative estimate of drug-likeness (QED) is 0.639. The minimum atomic E-state index is 0.0971. The third-order valence-corrected chi connectivity index (χ3v) is 6.74. The molecule has 1 unspecified atom stereocenters. The van der Waals surface area contributed by atoms with Crippen molar-refractivity contribution in [2.45, 2.75) is 58.3 Å². The maximum absolute atomic E-state index is 5.96. The van der Waals surface area contributed by atoms with Gasteiger partial charge in [-0.25, -0.2) is 15.0 Å². The highest BCUT2D eigenvalue weighted by Gasteiger charge is 2.28. The van der Waals surface area contributed by atoms with Gasteiger partial charge >= 0.3 is 0 Å². The van der Waals surface area contributed by atoms with Gasteiger partial charge in [0, 0.05) is 12.1 Å². The van der Waals surface area contributed by atoms with Gasteiger partial charge in [0.05, 0.1) is 22.3 Å². The van der Waals surface area contributed by atoms with Gasteiger partial charge in [-0.15, -0.1) is 0 Å². The van der Waals surface area contributed by atoms with Crippen LogP contribution in [-0.2, 0) is 5.41 Å². The number of likely N-dealkylation sites (tertiary alicyclic amines) is 1. The summed E-state index contributed by atoms with van der Waals surface area (Å²) >= 11 is 0. The highest BCUT2D eigenvalue weighted by molar-refractivity contribution is 5.80. The molecule has 166 valence electrons. The Morgan fingerprint density at radius 2 is 1.94 bits per heavy atom. The molecule has 0 spiro atoms. The monoisotopic (exact) mass is 420 g/mol. The third kappa shape index (κ3) is 4.65. The van der Waals surface area contributed by atoms with Crippen LogP contribution in [0.1, 0.15) is 63.0 Å². The molecule has 3 heterocycles. The maximum Gasteiger partial charge on any atom is 0.141 e. The molecule has 6 heteroatoms. The number of nitrogens with two attached hydrogens (primary N) is 1. The second-order valence-corrected chi connectivity index (χ2v) is 10.1. The summed E-state index contributed by atoms with van der Waals surface area (Å²) in [5.74, 6) is 2.70. The molecule has 1 atom stereocenters. The van der Waals surface area contributed by atoms with Crippen molar-refractivity contribution in [2.24, 2.45) is 11.7 Å². The summed E-state index contributed by atoms with van der Waals surface area (Å²) in [6.45, 7) is 11.7. The van der Waals surface area contributed by atoms with Gasteiger partial charge in [0.1, 0.15) is 11.6 Å². The lowest BCUT2D eigenvalue weighted by atomic mass is 9.81. The van der Waals surface area contributed by atoms with E-state index >= 15 is 0 Å². The summed E-state index contributed by atoms with van der Waals surface area (Å²) in [5.41, 5.74) is 11.3. The first-order valence-electron chi connectivity index (χ1n) is 11.5. The van der Waals surface area contributed by atoms with Crippen molar-refractivity contribution in [3.8, 4) is 11.4 Å². The fraction of sp³-hybridized carbons (Fsp3) is 0.560. The molecule has 0 amide bonds. The third-order valence-electron chi connectivity index (χ3n) is 6.74. The van der Waals surface area contributed by atoms with Crippen LogP contribution in [0.5, 0.6) is 0 Å². The number of nitrogens with one attached hydrogen (secondary N) is 1. The summed E-state index contributed by atoms with van der Waals surface area (Å²) < 4.78 is 0. The van der Waals surface area contributed by atoms with Gasteiger partial charge in [0.25, 0.3) is 0 Å². The van der Waals surface area contributed by atoms with Crippen LogP contribution in [0.15, 0.2) is 24.4 Å². The van der Waals surface area contributed by atoms with Crippen LogP contribution in [0.4, 0.5) is 0 Å². The number of aryl methyl sites for hydroxylation is 1. The molecule has 2 aromatic heterocycles. The number of hydrogen-bond acceptors (Lipinski definition) is 5. The number of aromatic nitrogens is 4. The summed E-state index contributed by atoms with van der Waals surface area (Å²) in [7, 11) is 2.20. The molecular weight excluding hydrogens is 384 g/mol. The zero-order valence-corrected chi connectivity index (χ0v) is 19.6. The minimum Gasteiger partial charge on any atom is -0.338 e. The fourth-order valence-corrected chi connectivity index (χ4v) is 4.68. The summed E-state index contributed by atoms with van der Waals surface area (Å²) in [6, 6.07) is 6.47. The Kier molecular flexibility index (Phi) is 6.13. The van der Waals surface area contributed by atoms with Gasteiger partial charge in [-0.1, -0.05) is 26.8 Å². The van der Waals surface area contributed by atoms with Crippen LogP contribution in [0.25, 0.3) is 22.4 Å². The van der Waals surface area contributed by atoms with Crippen molar-refractivity contribution < 1.29 is 0 Å². The molecule has 0 bridgehead atoms. The number of fused-ring (bicyclic) bond motifs is 1. The van der Waals surface area contributed by atoms with Crippen LogP contribution in [0.3, 0.4) is 0 Å². The summed E-state index contributed by atoms with van der Waals surface area (Å²) in [5, 5.41) is 0. The number of rotatable bonds is 5. The number of piperidine rings is 1. The van der Waals surface area contributed by atoms with E-state index in [0.717, 1.165) is 53.4 Å². The number of aromatic amines is 1. The second kappa shape index (κ2) is 8.67. The molecule has 1 aliphatic rings. The first kappa shape index (κ1) is 21.9. The largest absolute Gasteiger partial charge is 0.338 e. The fourth-order valence-electron chi connectivity index (χ4n) is 4.68. The molecule has 1 aliphatic heterocycles. The van der Waals surface area contributed by atoms with Crippen molar-refractivity contribution in [3.63, 3.8) is 0 Å². The first-order chi connectivity index (χ1) is 14.8. The van der Waals surface area contributed by atoms with E-state index in [4.69, 9.17) is 20.7 Å². The molecule has 3 aromatic rings. The Morgan fingerprint density at radius 3 is 2.58 bits per heavy atom. The topological polar surface area (TPSA) is 83.7 Å². The number of nitrogens with zero attached hydrogens (tertiary/aromatic N) is 4. The van der Waals surface area contributed by atoms with Crippen molar-refractivity contribution in [3.05, 3.63) is 41.5 Å². The molecule has 3 N–H and O–H groups in total. The molecule has 0 saturated carbocycles. The zero-order valence-electron chi connectivity index (χ0n) is 19.6. The Bertz CT molecular complexity index is 1040. The molecule has 1 aromatic carbocycles. The SMILES string of the molecule is Cc1nc(C(CCN)C2CCN(C)CC2)ncc1-c1nc2cc(C(C)(C)C)ccc2[nH]1. The van der Waals surface area contributed by atoms with Gasteiger partial charge in [-0.2, -0.15) is 0 Å². The molecule has 31 heavy (non-hydrogen) atoms. The Balaban J connectivity index is 1.63. The second-order valence-electron chi connectivity index (χ2n) is 10.1. The minimum absolute atomic E-state index is 0.0971. The van der Waals surface area contributed by atoms with E-state index in [-0.39, 0.29) is 5.41 Å². The molecule has 0 radical (unpaired) electrons. The predicted molar refractivity (Wildman–Crippen MR) is 127 cm³/mol. The van der Waals surface area contributed by atoms with Crippen molar-refractivity contribution in [2.75, 3.05) is 26.7 Å². The molecule has 1 saturated heterocycles. The lowest BCUT2D eigenvalue weighted by Gasteiger charge is -2.33. The van der Waals surface area contributed by atoms with Crippen molar-refractivity contribution in [1.29, 1.82) is 0 Å². The van der Waals surface area contributed by atoms with E-state index in [9.17, 15) is 0 Å². The molecule has 6 nitrogen and oxygen atoms in total. The van der Waals surface area contributed by atoms with Crippen LogP contribution in [-0.4, -0.2) is 51.5 Å². The molecule has 0 aliphatic carbocycles. The predicted octanol–water partition coefficient (Wildman–Crippen LogP) is 4.40.